The first-order valence-corrected chi connectivity index (χ1v) is 8.48. The van der Waals surface area contributed by atoms with Gasteiger partial charge in [-0.2, -0.15) is 0 Å². The molecule has 3 rings (SSSR count). The number of rotatable bonds is 6. The summed E-state index contributed by atoms with van der Waals surface area (Å²) in [6.07, 6.45) is 1.14. The summed E-state index contributed by atoms with van der Waals surface area (Å²) in [5.74, 6) is -0.237. The van der Waals surface area contributed by atoms with Crippen molar-refractivity contribution < 1.29 is 9.63 Å². The summed E-state index contributed by atoms with van der Waals surface area (Å²) < 4.78 is 0. The summed E-state index contributed by atoms with van der Waals surface area (Å²) in [6, 6.07) is 21.6. The second-order valence-electron chi connectivity index (χ2n) is 5.96. The van der Waals surface area contributed by atoms with E-state index in [9.17, 15) is 4.79 Å². The molecule has 3 aromatic carbocycles. The zero-order chi connectivity index (χ0) is 17.6. The molecule has 0 aliphatic rings. The minimum atomic E-state index is -0.237. The van der Waals surface area contributed by atoms with Crippen LogP contribution in [0.15, 0.2) is 66.7 Å². The van der Waals surface area contributed by atoms with Gasteiger partial charge >= 0.3 is 5.97 Å². The highest BCUT2D eigenvalue weighted by Crippen LogP contribution is 2.32. The zero-order valence-corrected chi connectivity index (χ0v) is 14.3. The van der Waals surface area contributed by atoms with Crippen LogP contribution in [0.2, 0.25) is 0 Å². The van der Waals surface area contributed by atoms with Crippen LogP contribution < -0.4 is 10.8 Å². The molecule has 0 aliphatic carbocycles. The van der Waals surface area contributed by atoms with E-state index in [-0.39, 0.29) is 5.97 Å². The number of hydrogen-bond donors (Lipinski definition) is 1. The number of anilines is 2. The number of fused-ring (bicyclic) bond motifs is 1. The Balaban J connectivity index is 2.02. The molecule has 0 unspecified atom stereocenters. The van der Waals surface area contributed by atoms with Crippen LogP contribution in [-0.4, -0.2) is 5.97 Å². The summed E-state index contributed by atoms with van der Waals surface area (Å²) in [4.78, 5) is 17.8. The van der Waals surface area contributed by atoms with Crippen LogP contribution in [0.3, 0.4) is 0 Å². The van der Waals surface area contributed by atoms with Gasteiger partial charge in [0.15, 0.2) is 0 Å². The molecule has 0 aliphatic heterocycles. The van der Waals surface area contributed by atoms with E-state index in [1.54, 1.807) is 5.06 Å². The Labute approximate surface area is 147 Å². The lowest BCUT2D eigenvalue weighted by molar-refractivity contribution is -0.145. The van der Waals surface area contributed by atoms with Crippen LogP contribution in [0.25, 0.3) is 10.8 Å². The first-order valence-electron chi connectivity index (χ1n) is 8.48. The van der Waals surface area contributed by atoms with E-state index >= 15 is 0 Å². The summed E-state index contributed by atoms with van der Waals surface area (Å²) in [5, 5.41) is 3.57. The fourth-order valence-corrected chi connectivity index (χ4v) is 2.81. The van der Waals surface area contributed by atoms with Crippen LogP contribution >= 0.6 is 0 Å². The van der Waals surface area contributed by atoms with Gasteiger partial charge in [0.05, 0.1) is 12.2 Å². The van der Waals surface area contributed by atoms with Crippen molar-refractivity contribution >= 4 is 28.1 Å². The molecule has 25 heavy (non-hydrogen) atoms. The number of benzene rings is 3. The van der Waals surface area contributed by atoms with E-state index in [1.807, 2.05) is 73.7 Å². The van der Waals surface area contributed by atoms with Crippen molar-refractivity contribution in [1.29, 1.82) is 0 Å². The third-order valence-corrected chi connectivity index (χ3v) is 4.04. The summed E-state index contributed by atoms with van der Waals surface area (Å²) >= 11 is 0. The van der Waals surface area contributed by atoms with Gasteiger partial charge in [-0.1, -0.05) is 61.5 Å². The molecular weight excluding hydrogens is 312 g/mol. The molecule has 0 heterocycles. The number of carbonyl (C=O) groups is 1. The number of nitrogens with zero attached hydrogens (tertiary/aromatic N) is 1. The predicted octanol–water partition coefficient (Wildman–Crippen LogP) is 4.69. The molecular formula is C21H22N2O2. The maximum Gasteiger partial charge on any atom is 0.332 e. The molecule has 0 saturated heterocycles. The van der Waals surface area contributed by atoms with Gasteiger partial charge in [0.2, 0.25) is 0 Å². The molecule has 0 spiro atoms. The van der Waals surface area contributed by atoms with Gasteiger partial charge in [0.1, 0.15) is 0 Å². The minimum Gasteiger partial charge on any atom is -0.398 e. The van der Waals surface area contributed by atoms with Crippen molar-refractivity contribution in [2.24, 2.45) is 0 Å². The van der Waals surface area contributed by atoms with E-state index in [0.717, 1.165) is 28.4 Å². The topological polar surface area (TPSA) is 55.6 Å². The smallest absolute Gasteiger partial charge is 0.332 e. The zero-order valence-electron chi connectivity index (χ0n) is 14.3. The minimum absolute atomic E-state index is 0.237. The number of carbonyl (C=O) groups excluding carboxylic acids is 1. The van der Waals surface area contributed by atoms with Crippen molar-refractivity contribution in [3.05, 3.63) is 72.3 Å². The number of nitrogens with two attached hydrogens (primary N) is 1. The highest BCUT2D eigenvalue weighted by molar-refractivity contribution is 6.01. The molecule has 0 fully saturated rings. The Morgan fingerprint density at radius 2 is 1.64 bits per heavy atom. The lowest BCUT2D eigenvalue weighted by Gasteiger charge is -2.25. The van der Waals surface area contributed by atoms with Crippen molar-refractivity contribution in [3.63, 3.8) is 0 Å². The molecule has 0 radical (unpaired) electrons. The standard InChI is InChI=1S/C21H22N2O2/c1-2-8-21(24)25-23(15-16-9-4-3-5-10-16)20-14-13-19(22)17-11-6-7-12-18(17)20/h3-7,9-14H,2,8,15,22H2,1H3. The fraction of sp³-hybridized carbons (Fsp3) is 0.190. The molecule has 0 atom stereocenters. The van der Waals surface area contributed by atoms with Crippen molar-refractivity contribution in [1.82, 2.24) is 0 Å². The lowest BCUT2D eigenvalue weighted by Crippen LogP contribution is -2.27. The van der Waals surface area contributed by atoms with Gasteiger partial charge < -0.3 is 10.6 Å². The first-order chi connectivity index (χ1) is 12.2. The largest absolute Gasteiger partial charge is 0.398 e. The fourth-order valence-electron chi connectivity index (χ4n) is 2.81. The van der Waals surface area contributed by atoms with Gasteiger partial charge in [-0.25, -0.2) is 9.86 Å². The molecule has 3 aromatic rings. The number of hydroxylamine groups is 1. The Hall–Kier alpha value is -3.01. The molecule has 4 nitrogen and oxygen atoms in total. The number of nitrogen functional groups attached to an aromatic ring is 1. The van der Waals surface area contributed by atoms with Crippen LogP contribution in [0.1, 0.15) is 25.3 Å². The third-order valence-electron chi connectivity index (χ3n) is 4.04. The van der Waals surface area contributed by atoms with E-state index in [1.165, 1.54) is 0 Å². The quantitative estimate of drug-likeness (QED) is 0.525. The molecule has 0 bridgehead atoms. The van der Waals surface area contributed by atoms with E-state index < -0.39 is 0 Å². The Morgan fingerprint density at radius 1 is 0.960 bits per heavy atom. The maximum atomic E-state index is 12.1. The van der Waals surface area contributed by atoms with E-state index in [2.05, 4.69) is 0 Å². The monoisotopic (exact) mass is 334 g/mol. The lowest BCUT2D eigenvalue weighted by atomic mass is 10.1. The van der Waals surface area contributed by atoms with E-state index in [4.69, 9.17) is 10.6 Å². The average molecular weight is 334 g/mol. The van der Waals surface area contributed by atoms with Crippen molar-refractivity contribution in [2.45, 2.75) is 26.3 Å². The molecule has 128 valence electrons. The second-order valence-corrected chi connectivity index (χ2v) is 5.96. The van der Waals surface area contributed by atoms with Crippen molar-refractivity contribution in [2.75, 3.05) is 10.8 Å². The molecule has 0 aromatic heterocycles. The SMILES string of the molecule is CCCC(=O)ON(Cc1ccccc1)c1ccc(N)c2ccccc12. The van der Waals surface area contributed by atoms with Gasteiger partial charge in [-0.05, 0) is 24.1 Å². The average Bonchev–Trinajstić information content (AvgIpc) is 2.63. The van der Waals surface area contributed by atoms with Crippen LogP contribution in [0.4, 0.5) is 11.4 Å². The maximum absolute atomic E-state index is 12.1. The summed E-state index contributed by atoms with van der Waals surface area (Å²) in [6.45, 7) is 2.44. The normalized spacial score (nSPS) is 10.6. The van der Waals surface area contributed by atoms with Crippen LogP contribution in [-0.2, 0) is 16.2 Å². The highest BCUT2D eigenvalue weighted by Gasteiger charge is 2.16. The van der Waals surface area contributed by atoms with Gasteiger partial charge in [-0.3, -0.25) is 0 Å². The number of hydrogen-bond acceptors (Lipinski definition) is 4. The van der Waals surface area contributed by atoms with Crippen LogP contribution in [0, 0.1) is 0 Å². The Morgan fingerprint density at radius 3 is 2.36 bits per heavy atom. The summed E-state index contributed by atoms with van der Waals surface area (Å²) in [5.41, 5.74) is 8.70. The highest BCUT2D eigenvalue weighted by atomic mass is 16.7. The summed E-state index contributed by atoms with van der Waals surface area (Å²) in [7, 11) is 0. The molecule has 0 amide bonds. The first kappa shape index (κ1) is 16.8. The molecule has 0 saturated carbocycles. The third kappa shape index (κ3) is 3.91. The predicted molar refractivity (Wildman–Crippen MR) is 102 cm³/mol. The van der Waals surface area contributed by atoms with Crippen LogP contribution in [0.5, 0.6) is 0 Å². The van der Waals surface area contributed by atoms with Crippen molar-refractivity contribution in [3.8, 4) is 0 Å². The van der Waals surface area contributed by atoms with E-state index in [0.29, 0.717) is 18.7 Å². The Kier molecular flexibility index (Phi) is 5.19. The van der Waals surface area contributed by atoms with Gasteiger partial charge in [0, 0.05) is 22.9 Å². The van der Waals surface area contributed by atoms with Gasteiger partial charge in [-0.15, -0.1) is 0 Å². The molecule has 4 heteroatoms. The second kappa shape index (κ2) is 7.71. The molecule has 2 N–H and O–H groups in total. The van der Waals surface area contributed by atoms with Gasteiger partial charge in [0.25, 0.3) is 0 Å². The Bertz CT molecular complexity index is 862.